The third-order valence-corrected chi connectivity index (χ3v) is 8.25. The number of amidine groups is 1. The first-order valence-electron chi connectivity index (χ1n) is 13.9. The van der Waals surface area contributed by atoms with Crippen molar-refractivity contribution in [1.29, 1.82) is 5.41 Å². The highest BCUT2D eigenvalue weighted by Crippen LogP contribution is 2.24. The molecule has 15 heteroatoms. The van der Waals surface area contributed by atoms with E-state index >= 15 is 0 Å². The Labute approximate surface area is 260 Å². The van der Waals surface area contributed by atoms with Crippen molar-refractivity contribution >= 4 is 39.3 Å². The van der Waals surface area contributed by atoms with E-state index in [2.05, 4.69) is 15.4 Å². The fraction of sp³-hybridized carbons (Fsp3) is 0.267. The number of hydrogen-bond donors (Lipinski definition) is 6. The van der Waals surface area contributed by atoms with Crippen LogP contribution in [0.2, 0.25) is 0 Å². The van der Waals surface area contributed by atoms with Crippen molar-refractivity contribution in [3.05, 3.63) is 99.6 Å². The average molecular weight is 638 g/mol. The van der Waals surface area contributed by atoms with Gasteiger partial charge in [-0.15, -0.1) is 0 Å². The minimum Gasteiger partial charge on any atom is -0.384 e. The van der Waals surface area contributed by atoms with Crippen LogP contribution in [-0.4, -0.2) is 54.7 Å². The highest BCUT2D eigenvalue weighted by atomic mass is 32.2. The first-order valence-corrected chi connectivity index (χ1v) is 15.6. The molecule has 0 unspecified atom stereocenters. The molecule has 0 radical (unpaired) electrons. The zero-order valence-corrected chi connectivity index (χ0v) is 25.3. The molecule has 3 aromatic rings. The molecule has 3 amide bonds. The van der Waals surface area contributed by atoms with E-state index in [1.165, 1.54) is 19.1 Å². The lowest BCUT2D eigenvalue weighted by molar-refractivity contribution is -0.384. The Morgan fingerprint density at radius 1 is 0.911 bits per heavy atom. The molecule has 0 aliphatic rings. The lowest BCUT2D eigenvalue weighted by Crippen LogP contribution is -2.54. The summed E-state index contributed by atoms with van der Waals surface area (Å²) in [5.74, 6) is -2.49. The van der Waals surface area contributed by atoms with Gasteiger partial charge < -0.3 is 22.1 Å². The van der Waals surface area contributed by atoms with Crippen molar-refractivity contribution in [3.8, 4) is 11.1 Å². The second-order valence-corrected chi connectivity index (χ2v) is 12.2. The maximum Gasteiger partial charge on any atom is 0.270 e. The van der Waals surface area contributed by atoms with Crippen LogP contribution >= 0.6 is 0 Å². The number of nitrogens with two attached hydrogens (primary N) is 2. The number of nitrogen functional groups attached to an aromatic ring is 1. The maximum atomic E-state index is 13.4. The van der Waals surface area contributed by atoms with Crippen LogP contribution in [0, 0.1) is 15.5 Å². The SMILES string of the molecule is CCS(=O)(=O)N[C@H](Cc1ccc(-c2cccc([N+](=O)[O-])c2)cc1)C(=O)N[C@@H](CCC(N)=O)C(=O)NCc1ccc(C(=N)N)cc1. The minimum absolute atomic E-state index is 0.0666. The number of carbonyl (C=O) groups is 3. The summed E-state index contributed by atoms with van der Waals surface area (Å²) in [6.07, 6.45) is -0.412. The van der Waals surface area contributed by atoms with Crippen molar-refractivity contribution in [2.24, 2.45) is 11.5 Å². The molecular formula is C30H35N7O7S. The van der Waals surface area contributed by atoms with E-state index in [-0.39, 0.29) is 43.1 Å². The monoisotopic (exact) mass is 637 g/mol. The van der Waals surface area contributed by atoms with Crippen molar-refractivity contribution in [3.63, 3.8) is 0 Å². The highest BCUT2D eigenvalue weighted by Gasteiger charge is 2.29. The van der Waals surface area contributed by atoms with Crippen molar-refractivity contribution < 1.29 is 27.7 Å². The van der Waals surface area contributed by atoms with Crippen molar-refractivity contribution in [2.75, 3.05) is 5.75 Å². The van der Waals surface area contributed by atoms with Gasteiger partial charge in [0, 0.05) is 30.7 Å². The second-order valence-electron chi connectivity index (χ2n) is 10.2. The van der Waals surface area contributed by atoms with Gasteiger partial charge in [0.05, 0.1) is 10.7 Å². The van der Waals surface area contributed by atoms with Gasteiger partial charge in [-0.25, -0.2) is 13.1 Å². The summed E-state index contributed by atoms with van der Waals surface area (Å²) >= 11 is 0. The molecule has 238 valence electrons. The largest absolute Gasteiger partial charge is 0.384 e. The molecule has 0 aliphatic heterocycles. The lowest BCUT2D eigenvalue weighted by Gasteiger charge is -2.23. The smallest absolute Gasteiger partial charge is 0.270 e. The number of non-ortho nitro benzene ring substituents is 1. The van der Waals surface area contributed by atoms with Gasteiger partial charge in [-0.3, -0.25) is 29.9 Å². The van der Waals surface area contributed by atoms with E-state index < -0.39 is 44.8 Å². The van der Waals surface area contributed by atoms with Crippen LogP contribution in [0.3, 0.4) is 0 Å². The number of rotatable bonds is 16. The zero-order valence-electron chi connectivity index (χ0n) is 24.5. The highest BCUT2D eigenvalue weighted by molar-refractivity contribution is 7.89. The van der Waals surface area contributed by atoms with E-state index in [0.717, 1.165) is 0 Å². The number of carbonyl (C=O) groups excluding carboxylic acids is 3. The summed E-state index contributed by atoms with van der Waals surface area (Å²) in [7, 11) is -3.86. The number of benzene rings is 3. The molecule has 0 bridgehead atoms. The van der Waals surface area contributed by atoms with E-state index in [0.29, 0.717) is 27.8 Å². The maximum absolute atomic E-state index is 13.4. The molecule has 0 saturated heterocycles. The van der Waals surface area contributed by atoms with Crippen LogP contribution in [-0.2, 0) is 37.4 Å². The molecule has 8 N–H and O–H groups in total. The first kappa shape index (κ1) is 34.3. The Balaban J connectivity index is 1.77. The molecule has 0 heterocycles. The van der Waals surface area contributed by atoms with Crippen molar-refractivity contribution in [2.45, 2.75) is 44.8 Å². The van der Waals surface area contributed by atoms with Crippen LogP contribution in [0.1, 0.15) is 36.5 Å². The summed E-state index contributed by atoms with van der Waals surface area (Å²) in [4.78, 5) is 48.7. The molecule has 45 heavy (non-hydrogen) atoms. The minimum atomic E-state index is -3.86. The number of nitrogens with one attached hydrogen (secondary N) is 4. The van der Waals surface area contributed by atoms with Gasteiger partial charge in [0.2, 0.25) is 27.7 Å². The Bertz CT molecular complexity index is 1660. The van der Waals surface area contributed by atoms with Crippen LogP contribution in [0.25, 0.3) is 11.1 Å². The fourth-order valence-corrected chi connectivity index (χ4v) is 5.09. The quantitative estimate of drug-likeness (QED) is 0.0580. The summed E-state index contributed by atoms with van der Waals surface area (Å²) in [6, 6.07) is 16.9. The number of sulfonamides is 1. The average Bonchev–Trinajstić information content (AvgIpc) is 3.01. The topological polar surface area (TPSA) is 240 Å². The van der Waals surface area contributed by atoms with Gasteiger partial charge in [-0.2, -0.15) is 0 Å². The molecular weight excluding hydrogens is 602 g/mol. The van der Waals surface area contributed by atoms with E-state index in [1.807, 2.05) is 0 Å². The van der Waals surface area contributed by atoms with Crippen molar-refractivity contribution in [1.82, 2.24) is 15.4 Å². The summed E-state index contributed by atoms with van der Waals surface area (Å²) in [6.45, 7) is 1.49. The normalized spacial score (nSPS) is 12.5. The molecule has 0 aliphatic carbocycles. The summed E-state index contributed by atoms with van der Waals surface area (Å²) in [5.41, 5.74) is 13.7. The van der Waals surface area contributed by atoms with Gasteiger partial charge >= 0.3 is 0 Å². The second kappa shape index (κ2) is 15.5. The van der Waals surface area contributed by atoms with Gasteiger partial charge in [-0.05, 0) is 42.0 Å². The molecule has 2 atom stereocenters. The predicted molar refractivity (Wildman–Crippen MR) is 168 cm³/mol. The standard InChI is InChI=1S/C30H35N7O7S/c1-2-45(43,44)36-26(16-19-6-10-21(11-7-19)23-4-3-5-24(17-23)37(41)42)30(40)35-25(14-15-27(31)38)29(39)34-18-20-8-12-22(13-9-20)28(32)33/h3-13,17,25-26,36H,2,14-16,18H2,1H3,(H2,31,38)(H3,32,33)(H,34,39)(H,35,40)/t25-,26+/m0/s1. The molecule has 0 aromatic heterocycles. The number of hydrogen-bond acceptors (Lipinski definition) is 8. The van der Waals surface area contributed by atoms with Crippen LogP contribution in [0.4, 0.5) is 5.69 Å². The Morgan fingerprint density at radius 3 is 2.13 bits per heavy atom. The molecule has 0 fully saturated rings. The molecule has 0 spiro atoms. The van der Waals surface area contributed by atoms with E-state index in [9.17, 15) is 32.9 Å². The summed E-state index contributed by atoms with van der Waals surface area (Å²) < 4.78 is 27.3. The number of amides is 3. The molecule has 3 aromatic carbocycles. The Morgan fingerprint density at radius 2 is 1.56 bits per heavy atom. The molecule has 3 rings (SSSR count). The van der Waals surface area contributed by atoms with Crippen LogP contribution < -0.4 is 26.8 Å². The number of primary amides is 1. The van der Waals surface area contributed by atoms with E-state index in [1.54, 1.807) is 60.7 Å². The summed E-state index contributed by atoms with van der Waals surface area (Å²) in [5, 5.41) is 23.9. The van der Waals surface area contributed by atoms with Crippen LogP contribution in [0.15, 0.2) is 72.8 Å². The van der Waals surface area contributed by atoms with Gasteiger partial charge in [0.1, 0.15) is 17.9 Å². The van der Waals surface area contributed by atoms with Gasteiger partial charge in [-0.1, -0.05) is 60.7 Å². The molecule has 0 saturated carbocycles. The number of nitrogens with zero attached hydrogens (tertiary/aromatic N) is 1. The third kappa shape index (κ3) is 10.5. The first-order chi connectivity index (χ1) is 21.3. The Hall–Kier alpha value is -5.15. The fourth-order valence-electron chi connectivity index (χ4n) is 4.30. The molecule has 14 nitrogen and oxygen atoms in total. The van der Waals surface area contributed by atoms with Gasteiger partial charge in [0.15, 0.2) is 0 Å². The number of nitro benzene ring substituents is 1. The van der Waals surface area contributed by atoms with Gasteiger partial charge in [0.25, 0.3) is 5.69 Å². The third-order valence-electron chi connectivity index (χ3n) is 6.85. The number of nitro groups is 1. The van der Waals surface area contributed by atoms with E-state index in [4.69, 9.17) is 16.9 Å². The predicted octanol–water partition coefficient (Wildman–Crippen LogP) is 1.46. The Kier molecular flexibility index (Phi) is 11.9. The zero-order chi connectivity index (χ0) is 33.1. The lowest BCUT2D eigenvalue weighted by atomic mass is 10.00. The van der Waals surface area contributed by atoms with Crippen LogP contribution in [0.5, 0.6) is 0 Å².